The molecule has 0 heterocycles. The van der Waals surface area contributed by atoms with Crippen LogP contribution in [0, 0.1) is 0 Å². The highest BCUT2D eigenvalue weighted by Crippen LogP contribution is 2.33. The molecule has 0 aliphatic carbocycles. The molecule has 0 saturated heterocycles. The lowest BCUT2D eigenvalue weighted by Crippen LogP contribution is -2.01. The largest absolute Gasteiger partial charge is 0.488 e. The van der Waals surface area contributed by atoms with Crippen molar-refractivity contribution < 1.29 is 9.84 Å². The summed E-state index contributed by atoms with van der Waals surface area (Å²) < 4.78 is 5.81. The van der Waals surface area contributed by atoms with Crippen LogP contribution in [0.15, 0.2) is 48.6 Å². The first-order valence-corrected chi connectivity index (χ1v) is 6.17. The summed E-state index contributed by atoms with van der Waals surface area (Å²) in [7, 11) is 0. The van der Waals surface area contributed by atoms with E-state index < -0.39 is 6.10 Å². The topological polar surface area (TPSA) is 29.5 Å². The van der Waals surface area contributed by atoms with Crippen LogP contribution in [0.1, 0.15) is 25.5 Å². The molecule has 2 rings (SSSR count). The predicted octanol–water partition coefficient (Wildman–Crippen LogP) is 3.85. The molecule has 0 amide bonds. The Kier molecular flexibility index (Phi) is 4.00. The monoisotopic (exact) mass is 242 g/mol. The van der Waals surface area contributed by atoms with E-state index in [0.717, 1.165) is 22.1 Å². The van der Waals surface area contributed by atoms with Crippen LogP contribution in [-0.2, 0) is 0 Å². The van der Waals surface area contributed by atoms with Gasteiger partial charge in [0.2, 0.25) is 0 Å². The van der Waals surface area contributed by atoms with Crippen molar-refractivity contribution in [2.24, 2.45) is 0 Å². The summed E-state index contributed by atoms with van der Waals surface area (Å²) in [6.07, 6.45) is 3.37. The van der Waals surface area contributed by atoms with E-state index in [4.69, 9.17) is 4.74 Å². The molecule has 0 spiro atoms. The third kappa shape index (κ3) is 2.54. The Hall–Kier alpha value is -1.80. The highest BCUT2D eigenvalue weighted by molar-refractivity contribution is 5.89. The van der Waals surface area contributed by atoms with Gasteiger partial charge >= 0.3 is 0 Å². The van der Waals surface area contributed by atoms with Crippen LogP contribution in [0.5, 0.6) is 5.75 Å². The van der Waals surface area contributed by atoms with Gasteiger partial charge in [-0.15, -0.1) is 0 Å². The third-order valence-electron chi connectivity index (χ3n) is 2.92. The number of ether oxygens (including phenoxy) is 1. The number of hydrogen-bond donors (Lipinski definition) is 1. The minimum absolute atomic E-state index is 0.518. The highest BCUT2D eigenvalue weighted by Gasteiger charge is 2.12. The van der Waals surface area contributed by atoms with Crippen LogP contribution < -0.4 is 4.74 Å². The number of aliphatic hydroxyl groups is 1. The van der Waals surface area contributed by atoms with Crippen molar-refractivity contribution in [3.05, 3.63) is 54.1 Å². The van der Waals surface area contributed by atoms with Crippen molar-refractivity contribution in [2.75, 3.05) is 6.61 Å². The van der Waals surface area contributed by atoms with Gasteiger partial charge < -0.3 is 9.84 Å². The second kappa shape index (κ2) is 5.69. The van der Waals surface area contributed by atoms with E-state index in [-0.39, 0.29) is 0 Å². The summed E-state index contributed by atoms with van der Waals surface area (Å²) in [5.41, 5.74) is 0.832. The van der Waals surface area contributed by atoms with Gasteiger partial charge in [0.25, 0.3) is 0 Å². The van der Waals surface area contributed by atoms with Crippen molar-refractivity contribution in [1.29, 1.82) is 0 Å². The van der Waals surface area contributed by atoms with Gasteiger partial charge in [0.1, 0.15) is 12.4 Å². The number of allylic oxidation sites excluding steroid dienone is 1. The van der Waals surface area contributed by atoms with E-state index in [2.05, 4.69) is 0 Å². The van der Waals surface area contributed by atoms with E-state index in [1.165, 1.54) is 0 Å². The molecule has 0 saturated carbocycles. The van der Waals surface area contributed by atoms with Crippen LogP contribution in [0.4, 0.5) is 0 Å². The summed E-state index contributed by atoms with van der Waals surface area (Å²) in [5.74, 6) is 0.779. The number of aliphatic hydroxyl groups excluding tert-OH is 1. The van der Waals surface area contributed by atoms with Crippen molar-refractivity contribution in [3.8, 4) is 5.75 Å². The van der Waals surface area contributed by atoms with Crippen LogP contribution in [0.3, 0.4) is 0 Å². The molecule has 0 unspecified atom stereocenters. The highest BCUT2D eigenvalue weighted by atomic mass is 16.5. The van der Waals surface area contributed by atoms with Gasteiger partial charge in [-0.1, -0.05) is 48.6 Å². The first-order chi connectivity index (χ1) is 8.74. The van der Waals surface area contributed by atoms with Crippen molar-refractivity contribution in [3.63, 3.8) is 0 Å². The molecule has 0 bridgehead atoms. The van der Waals surface area contributed by atoms with Gasteiger partial charge in [0.15, 0.2) is 0 Å². The van der Waals surface area contributed by atoms with Gasteiger partial charge in [0, 0.05) is 10.9 Å². The number of rotatable bonds is 4. The quantitative estimate of drug-likeness (QED) is 0.825. The Morgan fingerprint density at radius 3 is 2.72 bits per heavy atom. The first kappa shape index (κ1) is 12.7. The summed E-state index contributed by atoms with van der Waals surface area (Å²) in [4.78, 5) is 0. The standard InChI is InChI=1S/C16H18O2/c1-3-4-11-18-16-14(12(2)17)10-9-13-7-5-6-8-15(13)16/h3-10,12,17H,11H2,1-2H3/t12-/m0/s1. The Bertz CT molecular complexity index is 556. The smallest absolute Gasteiger partial charge is 0.133 e. The molecule has 0 radical (unpaired) electrons. The van der Waals surface area contributed by atoms with Gasteiger partial charge in [-0.05, 0) is 19.2 Å². The Balaban J connectivity index is 2.51. The normalized spacial score (nSPS) is 13.1. The van der Waals surface area contributed by atoms with E-state index in [9.17, 15) is 5.11 Å². The molecular weight excluding hydrogens is 224 g/mol. The lowest BCUT2D eigenvalue weighted by Gasteiger charge is -2.15. The summed E-state index contributed by atoms with van der Waals surface area (Å²) in [5, 5.41) is 12.0. The molecule has 0 aliphatic rings. The molecule has 94 valence electrons. The van der Waals surface area contributed by atoms with Crippen LogP contribution in [-0.4, -0.2) is 11.7 Å². The van der Waals surface area contributed by atoms with Crippen molar-refractivity contribution in [2.45, 2.75) is 20.0 Å². The maximum absolute atomic E-state index is 9.82. The molecule has 18 heavy (non-hydrogen) atoms. The zero-order chi connectivity index (χ0) is 13.0. The molecule has 2 aromatic carbocycles. The van der Waals surface area contributed by atoms with Gasteiger partial charge in [-0.25, -0.2) is 0 Å². The minimum atomic E-state index is -0.532. The molecular formula is C16H18O2. The number of benzene rings is 2. The molecule has 0 fully saturated rings. The molecule has 2 aromatic rings. The molecule has 2 nitrogen and oxygen atoms in total. The first-order valence-electron chi connectivity index (χ1n) is 6.17. The van der Waals surface area contributed by atoms with E-state index in [0.29, 0.717) is 6.61 Å². The average Bonchev–Trinajstić information content (AvgIpc) is 2.38. The third-order valence-corrected chi connectivity index (χ3v) is 2.92. The fourth-order valence-corrected chi connectivity index (χ4v) is 1.98. The van der Waals surface area contributed by atoms with Crippen LogP contribution in [0.25, 0.3) is 10.8 Å². The summed E-state index contributed by atoms with van der Waals surface area (Å²) >= 11 is 0. The van der Waals surface area contributed by atoms with Crippen LogP contribution >= 0.6 is 0 Å². The fourth-order valence-electron chi connectivity index (χ4n) is 1.98. The number of hydrogen-bond acceptors (Lipinski definition) is 2. The fraction of sp³-hybridized carbons (Fsp3) is 0.250. The van der Waals surface area contributed by atoms with E-state index in [1.54, 1.807) is 6.92 Å². The Morgan fingerprint density at radius 2 is 2.00 bits per heavy atom. The van der Waals surface area contributed by atoms with Crippen molar-refractivity contribution in [1.82, 2.24) is 0 Å². The lowest BCUT2D eigenvalue weighted by atomic mass is 10.0. The number of fused-ring (bicyclic) bond motifs is 1. The summed E-state index contributed by atoms with van der Waals surface area (Å²) in [6.45, 7) is 4.24. The van der Waals surface area contributed by atoms with Gasteiger partial charge in [0.05, 0.1) is 6.10 Å². The lowest BCUT2D eigenvalue weighted by molar-refractivity contribution is 0.193. The zero-order valence-corrected chi connectivity index (χ0v) is 10.8. The van der Waals surface area contributed by atoms with E-state index >= 15 is 0 Å². The molecule has 0 aromatic heterocycles. The maximum Gasteiger partial charge on any atom is 0.133 e. The summed E-state index contributed by atoms with van der Waals surface area (Å²) in [6, 6.07) is 12.0. The second-order valence-corrected chi connectivity index (χ2v) is 4.26. The Labute approximate surface area is 108 Å². The van der Waals surface area contributed by atoms with Crippen LogP contribution in [0.2, 0.25) is 0 Å². The minimum Gasteiger partial charge on any atom is -0.488 e. The molecule has 1 atom stereocenters. The molecule has 2 heteroatoms. The second-order valence-electron chi connectivity index (χ2n) is 4.26. The maximum atomic E-state index is 9.82. The Morgan fingerprint density at radius 1 is 1.22 bits per heavy atom. The molecule has 1 N–H and O–H groups in total. The van der Waals surface area contributed by atoms with Crippen molar-refractivity contribution >= 4 is 10.8 Å². The van der Waals surface area contributed by atoms with E-state index in [1.807, 2.05) is 55.5 Å². The zero-order valence-electron chi connectivity index (χ0n) is 10.8. The predicted molar refractivity (Wildman–Crippen MR) is 74.9 cm³/mol. The molecule has 0 aliphatic heterocycles. The van der Waals surface area contributed by atoms with Gasteiger partial charge in [-0.2, -0.15) is 0 Å². The SMILES string of the molecule is CC=CCOc1c([C@H](C)O)ccc2ccccc12. The van der Waals surface area contributed by atoms with Gasteiger partial charge in [-0.3, -0.25) is 0 Å². The average molecular weight is 242 g/mol.